The summed E-state index contributed by atoms with van der Waals surface area (Å²) in [5.74, 6) is 0.698. The fraction of sp³-hybridized carbons (Fsp3) is 0. The van der Waals surface area contributed by atoms with Crippen molar-refractivity contribution in [3.63, 3.8) is 0 Å². The number of hydrogen-bond acceptors (Lipinski definition) is 3. The molecule has 0 N–H and O–H groups in total. The van der Waals surface area contributed by atoms with Gasteiger partial charge in [-0.25, -0.2) is 9.97 Å². The summed E-state index contributed by atoms with van der Waals surface area (Å²) in [6, 6.07) is 53.0. The van der Waals surface area contributed by atoms with Gasteiger partial charge in [-0.2, -0.15) is 0 Å². The smallest absolute Gasteiger partial charge is 0.161 e. The summed E-state index contributed by atoms with van der Waals surface area (Å²) in [5, 5.41) is 7.73. The van der Waals surface area contributed by atoms with Crippen LogP contribution in [0.15, 0.2) is 156 Å². The molecule has 4 heteroatoms. The van der Waals surface area contributed by atoms with Crippen molar-refractivity contribution >= 4 is 65.4 Å². The van der Waals surface area contributed by atoms with Crippen molar-refractivity contribution in [1.82, 2.24) is 14.5 Å². The van der Waals surface area contributed by atoms with Crippen LogP contribution in [0.3, 0.4) is 0 Å². The minimum absolute atomic E-state index is 0.698. The molecule has 0 unspecified atom stereocenters. The summed E-state index contributed by atoms with van der Waals surface area (Å²) in [6.45, 7) is 0. The van der Waals surface area contributed by atoms with Crippen LogP contribution in [0.5, 0.6) is 0 Å². The molecule has 0 bridgehead atoms. The van der Waals surface area contributed by atoms with E-state index in [1.54, 1.807) is 0 Å². The second kappa shape index (κ2) is 9.62. The number of benzene rings is 7. The summed E-state index contributed by atoms with van der Waals surface area (Å²) >= 11 is 0. The van der Waals surface area contributed by atoms with Crippen LogP contribution in [0.4, 0.5) is 0 Å². The van der Waals surface area contributed by atoms with E-state index in [0.29, 0.717) is 5.82 Å². The third kappa shape index (κ3) is 3.61. The van der Waals surface area contributed by atoms with Crippen LogP contribution in [-0.4, -0.2) is 14.5 Å². The molecule has 4 nitrogen and oxygen atoms in total. The molecule has 3 aromatic heterocycles. The zero-order valence-electron chi connectivity index (χ0n) is 24.7. The first kappa shape index (κ1) is 25.1. The summed E-state index contributed by atoms with van der Waals surface area (Å²) in [5.41, 5.74) is 9.07. The van der Waals surface area contributed by atoms with Crippen molar-refractivity contribution in [3.8, 4) is 28.3 Å². The summed E-state index contributed by atoms with van der Waals surface area (Å²) in [4.78, 5) is 10.4. The van der Waals surface area contributed by atoms with E-state index in [4.69, 9.17) is 14.4 Å². The molecule has 0 radical (unpaired) electrons. The lowest BCUT2D eigenvalue weighted by atomic mass is 9.99. The number of rotatable bonds is 3. The Labute approximate surface area is 263 Å². The van der Waals surface area contributed by atoms with Crippen LogP contribution in [0.1, 0.15) is 0 Å². The van der Waals surface area contributed by atoms with Crippen molar-refractivity contribution in [1.29, 1.82) is 0 Å². The molecule has 0 aliphatic rings. The molecule has 7 aromatic carbocycles. The van der Waals surface area contributed by atoms with Gasteiger partial charge in [-0.15, -0.1) is 0 Å². The Hall–Kier alpha value is -6.26. The molecule has 3 heterocycles. The average molecular weight is 588 g/mol. The molecule has 0 aliphatic heterocycles. The van der Waals surface area contributed by atoms with Gasteiger partial charge in [-0.3, -0.25) is 0 Å². The van der Waals surface area contributed by atoms with Crippen molar-refractivity contribution < 1.29 is 4.42 Å². The third-order valence-electron chi connectivity index (χ3n) is 9.19. The van der Waals surface area contributed by atoms with E-state index in [2.05, 4.69) is 138 Å². The fourth-order valence-corrected chi connectivity index (χ4v) is 7.12. The number of furan rings is 1. The van der Waals surface area contributed by atoms with Gasteiger partial charge in [0, 0.05) is 49.1 Å². The SMILES string of the molecule is c1ccc(-c2nc(-c3cc4c5cc(-n6c7ccccc7c7ccccc76)ccc5oc4c4ccccc34)nc3ccccc23)cc1. The van der Waals surface area contributed by atoms with E-state index < -0.39 is 0 Å². The number of hydrogen-bond donors (Lipinski definition) is 0. The van der Waals surface area contributed by atoms with Gasteiger partial charge >= 0.3 is 0 Å². The Kier molecular flexibility index (Phi) is 5.25. The monoisotopic (exact) mass is 587 g/mol. The maximum absolute atomic E-state index is 6.62. The summed E-state index contributed by atoms with van der Waals surface area (Å²) in [6.07, 6.45) is 0. The number of para-hydroxylation sites is 3. The van der Waals surface area contributed by atoms with Gasteiger partial charge in [0.15, 0.2) is 5.82 Å². The molecule has 0 aliphatic carbocycles. The largest absolute Gasteiger partial charge is 0.455 e. The molecule has 214 valence electrons. The van der Waals surface area contributed by atoms with Crippen LogP contribution in [-0.2, 0) is 0 Å². The Morgan fingerprint density at radius 2 is 1.09 bits per heavy atom. The Morgan fingerprint density at radius 3 is 1.85 bits per heavy atom. The Morgan fingerprint density at radius 1 is 0.457 bits per heavy atom. The van der Waals surface area contributed by atoms with E-state index in [1.807, 2.05) is 18.2 Å². The second-order valence-electron chi connectivity index (χ2n) is 11.8. The molecule has 0 saturated carbocycles. The summed E-state index contributed by atoms with van der Waals surface area (Å²) in [7, 11) is 0. The molecular weight excluding hydrogens is 562 g/mol. The van der Waals surface area contributed by atoms with Crippen LogP contribution in [0.25, 0.3) is 93.8 Å². The number of aromatic nitrogens is 3. The molecule has 10 aromatic rings. The Bertz CT molecular complexity index is 2760. The van der Waals surface area contributed by atoms with Crippen molar-refractivity contribution in [2.24, 2.45) is 0 Å². The number of nitrogens with zero attached hydrogens (tertiary/aromatic N) is 3. The summed E-state index contributed by atoms with van der Waals surface area (Å²) < 4.78 is 8.97. The predicted octanol–water partition coefficient (Wildman–Crippen LogP) is 11.1. The normalized spacial score (nSPS) is 11.9. The van der Waals surface area contributed by atoms with Gasteiger partial charge in [0.25, 0.3) is 0 Å². The van der Waals surface area contributed by atoms with Gasteiger partial charge in [-0.05, 0) is 47.9 Å². The fourth-order valence-electron chi connectivity index (χ4n) is 7.12. The lowest BCUT2D eigenvalue weighted by molar-refractivity contribution is 0.672. The first-order valence-corrected chi connectivity index (χ1v) is 15.5. The van der Waals surface area contributed by atoms with Crippen LogP contribution >= 0.6 is 0 Å². The molecule has 0 spiro atoms. The van der Waals surface area contributed by atoms with Crippen LogP contribution < -0.4 is 0 Å². The van der Waals surface area contributed by atoms with Gasteiger partial charge in [-0.1, -0.05) is 109 Å². The van der Waals surface area contributed by atoms with Crippen LogP contribution in [0, 0.1) is 0 Å². The molecule has 0 atom stereocenters. The topological polar surface area (TPSA) is 43.9 Å². The van der Waals surface area contributed by atoms with Gasteiger partial charge in [0.05, 0.1) is 22.2 Å². The van der Waals surface area contributed by atoms with Gasteiger partial charge in [0.1, 0.15) is 11.2 Å². The van der Waals surface area contributed by atoms with Crippen molar-refractivity contribution in [2.75, 3.05) is 0 Å². The van der Waals surface area contributed by atoms with Gasteiger partial charge < -0.3 is 8.98 Å². The van der Waals surface area contributed by atoms with Gasteiger partial charge in [0.2, 0.25) is 0 Å². The molecule has 0 fully saturated rings. The molecule has 46 heavy (non-hydrogen) atoms. The molecule has 0 amide bonds. The van der Waals surface area contributed by atoms with Crippen molar-refractivity contribution in [3.05, 3.63) is 152 Å². The highest BCUT2D eigenvalue weighted by atomic mass is 16.3. The maximum atomic E-state index is 6.62. The standard InChI is InChI=1S/C42H25N3O/c1-2-12-26(13-3-1)40-32-18-6-9-19-36(32)43-42(44-40)35-25-34-33-24-27(22-23-39(33)46-41(34)31-17-5-4-14-28(31)35)45-37-20-10-7-15-29(37)30-16-8-11-21-38(30)45/h1-25H. The minimum Gasteiger partial charge on any atom is -0.455 e. The molecule has 0 saturated heterocycles. The zero-order valence-corrected chi connectivity index (χ0v) is 24.7. The van der Waals surface area contributed by atoms with E-state index in [0.717, 1.165) is 66.1 Å². The van der Waals surface area contributed by atoms with E-state index in [9.17, 15) is 0 Å². The molecule has 10 rings (SSSR count). The lowest BCUT2D eigenvalue weighted by Gasteiger charge is -2.11. The highest BCUT2D eigenvalue weighted by Gasteiger charge is 2.19. The Balaban J connectivity index is 1.27. The first-order valence-electron chi connectivity index (χ1n) is 15.5. The van der Waals surface area contributed by atoms with E-state index in [-0.39, 0.29) is 0 Å². The van der Waals surface area contributed by atoms with Crippen LogP contribution in [0.2, 0.25) is 0 Å². The minimum atomic E-state index is 0.698. The van der Waals surface area contributed by atoms with E-state index in [1.165, 1.54) is 21.8 Å². The predicted molar refractivity (Wildman–Crippen MR) is 190 cm³/mol. The maximum Gasteiger partial charge on any atom is 0.161 e. The quantitative estimate of drug-likeness (QED) is 0.207. The first-order chi connectivity index (χ1) is 22.8. The zero-order chi connectivity index (χ0) is 30.2. The highest BCUT2D eigenvalue weighted by Crippen LogP contribution is 2.41. The lowest BCUT2D eigenvalue weighted by Crippen LogP contribution is -1.96. The third-order valence-corrected chi connectivity index (χ3v) is 9.19. The molecular formula is C42H25N3O. The van der Waals surface area contributed by atoms with Crippen molar-refractivity contribution in [2.45, 2.75) is 0 Å². The average Bonchev–Trinajstić information content (AvgIpc) is 3.67. The second-order valence-corrected chi connectivity index (χ2v) is 11.8. The number of fused-ring (bicyclic) bond motifs is 9. The highest BCUT2D eigenvalue weighted by molar-refractivity contribution is 6.19. The van der Waals surface area contributed by atoms with E-state index >= 15 is 0 Å².